The van der Waals surface area contributed by atoms with Gasteiger partial charge in [-0.2, -0.15) is 0 Å². The van der Waals surface area contributed by atoms with Crippen LogP contribution in [0.15, 0.2) is 58.5 Å². The van der Waals surface area contributed by atoms with Crippen LogP contribution in [0.25, 0.3) is 10.9 Å². The number of aryl methyl sites for hydroxylation is 1. The van der Waals surface area contributed by atoms with Crippen LogP contribution in [0.5, 0.6) is 0 Å². The first-order chi connectivity index (χ1) is 14.9. The van der Waals surface area contributed by atoms with Crippen molar-refractivity contribution < 1.29 is 4.79 Å². The number of rotatable bonds is 6. The molecule has 0 aliphatic carbocycles. The van der Waals surface area contributed by atoms with Gasteiger partial charge in [0, 0.05) is 12.7 Å². The van der Waals surface area contributed by atoms with E-state index in [1.165, 1.54) is 11.8 Å². The number of aromatic nitrogens is 5. The van der Waals surface area contributed by atoms with E-state index in [0.29, 0.717) is 27.7 Å². The van der Waals surface area contributed by atoms with E-state index in [2.05, 4.69) is 25.5 Å². The van der Waals surface area contributed by atoms with Crippen molar-refractivity contribution in [3.05, 3.63) is 76.1 Å². The van der Waals surface area contributed by atoms with Crippen LogP contribution >= 0.6 is 11.8 Å². The molecule has 158 valence electrons. The van der Waals surface area contributed by atoms with Crippen molar-refractivity contribution in [3.8, 4) is 0 Å². The first kappa shape index (κ1) is 20.8. The molecule has 2 aromatic carbocycles. The molecule has 0 bridgehead atoms. The maximum Gasteiger partial charge on any atom is 0.258 e. The molecule has 4 rings (SSSR count). The molecule has 1 amide bonds. The summed E-state index contributed by atoms with van der Waals surface area (Å²) in [5.41, 5.74) is 2.26. The van der Waals surface area contributed by atoms with Gasteiger partial charge in [-0.15, -0.1) is 10.2 Å². The van der Waals surface area contributed by atoms with E-state index < -0.39 is 0 Å². The molecule has 4 aromatic rings. The van der Waals surface area contributed by atoms with Crippen molar-refractivity contribution in [3.63, 3.8) is 0 Å². The number of carbonyl (C=O) groups excluding carboxylic acids is 1. The molecular weight excluding hydrogens is 412 g/mol. The minimum atomic E-state index is -0.167. The Morgan fingerprint density at radius 3 is 2.71 bits per heavy atom. The molecule has 0 aliphatic rings. The fourth-order valence-electron chi connectivity index (χ4n) is 3.16. The third-order valence-electron chi connectivity index (χ3n) is 4.96. The maximum absolute atomic E-state index is 12.5. The van der Waals surface area contributed by atoms with Crippen LogP contribution in [0.4, 0.5) is 5.69 Å². The molecule has 2 aromatic heterocycles. The second-order valence-electron chi connectivity index (χ2n) is 7.23. The maximum atomic E-state index is 12.5. The van der Waals surface area contributed by atoms with Gasteiger partial charge < -0.3 is 14.9 Å². The molecule has 0 saturated carbocycles. The topological polar surface area (TPSA) is 106 Å². The predicted molar refractivity (Wildman–Crippen MR) is 121 cm³/mol. The van der Waals surface area contributed by atoms with Crippen molar-refractivity contribution in [2.24, 2.45) is 7.05 Å². The van der Waals surface area contributed by atoms with Gasteiger partial charge in [0.2, 0.25) is 5.91 Å². The van der Waals surface area contributed by atoms with E-state index in [0.717, 1.165) is 11.3 Å². The number of hydrogen-bond acceptors (Lipinski definition) is 6. The van der Waals surface area contributed by atoms with E-state index in [1.54, 1.807) is 10.6 Å². The molecule has 0 fully saturated rings. The largest absolute Gasteiger partial charge is 0.325 e. The van der Waals surface area contributed by atoms with Crippen molar-refractivity contribution in [1.29, 1.82) is 0 Å². The van der Waals surface area contributed by atoms with E-state index in [9.17, 15) is 9.59 Å². The monoisotopic (exact) mass is 434 g/mol. The molecule has 1 unspecified atom stereocenters. The second-order valence-corrected chi connectivity index (χ2v) is 8.53. The molecule has 1 atom stereocenters. The van der Waals surface area contributed by atoms with E-state index in [4.69, 9.17) is 0 Å². The molecule has 9 heteroatoms. The van der Waals surface area contributed by atoms with E-state index in [1.807, 2.05) is 63.4 Å². The minimum absolute atomic E-state index is 0.109. The SMILES string of the molecule is Cc1ccccc1NC(=O)Cc1nnc(SC(C)c2nc3ccccc3c(=O)[nH]2)n1C. The van der Waals surface area contributed by atoms with Crippen molar-refractivity contribution >= 4 is 34.3 Å². The zero-order valence-corrected chi connectivity index (χ0v) is 18.2. The number of para-hydroxylation sites is 2. The number of nitrogens with zero attached hydrogens (tertiary/aromatic N) is 4. The molecule has 0 aliphatic heterocycles. The highest BCUT2D eigenvalue weighted by atomic mass is 32.2. The van der Waals surface area contributed by atoms with Gasteiger partial charge in [0.1, 0.15) is 11.6 Å². The van der Waals surface area contributed by atoms with Gasteiger partial charge in [-0.05, 0) is 37.6 Å². The number of hydrogen-bond donors (Lipinski definition) is 2. The lowest BCUT2D eigenvalue weighted by Gasteiger charge is -2.11. The number of amides is 1. The van der Waals surface area contributed by atoms with Gasteiger partial charge >= 0.3 is 0 Å². The van der Waals surface area contributed by atoms with Crippen LogP contribution in [0, 0.1) is 6.92 Å². The van der Waals surface area contributed by atoms with Crippen molar-refractivity contribution in [1.82, 2.24) is 24.7 Å². The lowest BCUT2D eigenvalue weighted by molar-refractivity contribution is -0.115. The van der Waals surface area contributed by atoms with Gasteiger partial charge in [0.05, 0.1) is 22.6 Å². The third-order valence-corrected chi connectivity index (χ3v) is 6.10. The molecule has 2 heterocycles. The number of nitrogens with one attached hydrogen (secondary N) is 2. The smallest absolute Gasteiger partial charge is 0.258 e. The van der Waals surface area contributed by atoms with Crippen LogP contribution < -0.4 is 10.9 Å². The standard InChI is InChI=1S/C22H22N6O2S/c1-13-8-4-6-10-16(13)23-19(29)12-18-26-27-22(28(18)3)31-14(2)20-24-17-11-7-5-9-15(17)21(30)25-20/h4-11,14H,12H2,1-3H3,(H,23,29)(H,24,25,30). The Bertz CT molecular complexity index is 1310. The van der Waals surface area contributed by atoms with Crippen LogP contribution in [0.3, 0.4) is 0 Å². The minimum Gasteiger partial charge on any atom is -0.325 e. The summed E-state index contributed by atoms with van der Waals surface area (Å²) in [4.78, 5) is 32.2. The van der Waals surface area contributed by atoms with Crippen LogP contribution in [0.2, 0.25) is 0 Å². The number of benzene rings is 2. The van der Waals surface area contributed by atoms with Crippen LogP contribution in [-0.4, -0.2) is 30.6 Å². The number of carbonyl (C=O) groups is 1. The average molecular weight is 435 g/mol. The lowest BCUT2D eigenvalue weighted by Crippen LogP contribution is -2.17. The Kier molecular flexibility index (Phi) is 5.85. The Morgan fingerprint density at radius 1 is 1.16 bits per heavy atom. The Hall–Kier alpha value is -3.46. The second kappa shape index (κ2) is 8.73. The summed E-state index contributed by atoms with van der Waals surface area (Å²) >= 11 is 1.42. The normalized spacial score (nSPS) is 12.1. The number of thioether (sulfide) groups is 1. The Labute approximate surface area is 183 Å². The Morgan fingerprint density at radius 2 is 1.90 bits per heavy atom. The Balaban J connectivity index is 1.47. The van der Waals surface area contributed by atoms with Crippen molar-refractivity contribution in [2.45, 2.75) is 30.7 Å². The fraction of sp³-hybridized carbons (Fsp3) is 0.227. The summed E-state index contributed by atoms with van der Waals surface area (Å²) in [6, 6.07) is 14.9. The number of fused-ring (bicyclic) bond motifs is 1. The van der Waals surface area contributed by atoms with Gasteiger partial charge in [-0.25, -0.2) is 4.98 Å². The zero-order chi connectivity index (χ0) is 22.0. The average Bonchev–Trinajstić information content (AvgIpc) is 3.09. The summed E-state index contributed by atoms with van der Waals surface area (Å²) < 4.78 is 1.79. The molecule has 0 saturated heterocycles. The highest BCUT2D eigenvalue weighted by Gasteiger charge is 2.18. The first-order valence-corrected chi connectivity index (χ1v) is 10.7. The number of H-pyrrole nitrogens is 1. The summed E-state index contributed by atoms with van der Waals surface area (Å²) in [7, 11) is 1.82. The molecule has 8 nitrogen and oxygen atoms in total. The van der Waals surface area contributed by atoms with E-state index >= 15 is 0 Å². The highest BCUT2D eigenvalue weighted by Crippen LogP contribution is 2.31. The third kappa shape index (κ3) is 4.51. The summed E-state index contributed by atoms with van der Waals surface area (Å²) in [6.45, 7) is 3.89. The molecule has 0 radical (unpaired) electrons. The molecule has 31 heavy (non-hydrogen) atoms. The van der Waals surface area contributed by atoms with Gasteiger partial charge in [0.25, 0.3) is 5.56 Å². The van der Waals surface area contributed by atoms with Gasteiger partial charge in [0.15, 0.2) is 5.16 Å². The number of anilines is 1. The molecule has 2 N–H and O–H groups in total. The van der Waals surface area contributed by atoms with Gasteiger partial charge in [-0.3, -0.25) is 9.59 Å². The fourth-order valence-corrected chi connectivity index (χ4v) is 4.05. The van der Waals surface area contributed by atoms with Crippen LogP contribution in [-0.2, 0) is 18.3 Å². The summed E-state index contributed by atoms with van der Waals surface area (Å²) in [6.07, 6.45) is 0.109. The van der Waals surface area contributed by atoms with Gasteiger partial charge in [-0.1, -0.05) is 42.1 Å². The number of aromatic amines is 1. The lowest BCUT2D eigenvalue weighted by atomic mass is 10.2. The quantitative estimate of drug-likeness (QED) is 0.451. The van der Waals surface area contributed by atoms with Crippen LogP contribution in [0.1, 0.15) is 29.4 Å². The first-order valence-electron chi connectivity index (χ1n) is 9.81. The van der Waals surface area contributed by atoms with Crippen molar-refractivity contribution in [2.75, 3.05) is 5.32 Å². The summed E-state index contributed by atoms with van der Waals surface area (Å²) in [5, 5.41) is 12.3. The zero-order valence-electron chi connectivity index (χ0n) is 17.4. The molecular formula is C22H22N6O2S. The molecule has 0 spiro atoms. The summed E-state index contributed by atoms with van der Waals surface area (Å²) in [5.74, 6) is 0.964. The highest BCUT2D eigenvalue weighted by molar-refractivity contribution is 7.99. The van der Waals surface area contributed by atoms with E-state index in [-0.39, 0.29) is 23.1 Å². The predicted octanol–water partition coefficient (Wildman–Crippen LogP) is 3.39.